The molecular weight excluding hydrogens is 304 g/mol. The molecule has 0 spiro atoms. The third kappa shape index (κ3) is 4.01. The fourth-order valence-corrected chi connectivity index (χ4v) is 2.38. The molecule has 24 heavy (non-hydrogen) atoms. The quantitative estimate of drug-likeness (QED) is 0.819. The molecule has 0 radical (unpaired) electrons. The van der Waals surface area contributed by atoms with Crippen molar-refractivity contribution in [1.29, 1.82) is 0 Å². The van der Waals surface area contributed by atoms with E-state index in [2.05, 4.69) is 43.1 Å². The highest BCUT2D eigenvalue weighted by atomic mass is 16.2. The lowest BCUT2D eigenvalue weighted by atomic mass is 9.95. The van der Waals surface area contributed by atoms with Gasteiger partial charge in [0.05, 0.1) is 18.1 Å². The zero-order valence-electron chi connectivity index (χ0n) is 15.6. The number of carbonyl (C=O) groups is 1. The van der Waals surface area contributed by atoms with E-state index in [0.29, 0.717) is 6.54 Å². The third-order valence-electron chi connectivity index (χ3n) is 3.84. The van der Waals surface area contributed by atoms with Crippen LogP contribution in [0.15, 0.2) is 6.20 Å². The van der Waals surface area contributed by atoms with Crippen LogP contribution in [0.2, 0.25) is 0 Å². The predicted molar refractivity (Wildman–Crippen MR) is 96.2 cm³/mol. The van der Waals surface area contributed by atoms with Gasteiger partial charge in [-0.3, -0.25) is 9.48 Å². The van der Waals surface area contributed by atoms with Gasteiger partial charge in [0.1, 0.15) is 11.6 Å². The molecule has 132 valence electrons. The Morgan fingerprint density at radius 2 is 2.04 bits per heavy atom. The van der Waals surface area contributed by atoms with Gasteiger partial charge in [-0.1, -0.05) is 34.1 Å². The second kappa shape index (κ2) is 7.15. The number of rotatable bonds is 6. The Kier molecular flexibility index (Phi) is 5.41. The Balaban J connectivity index is 2.31. The fraction of sp³-hybridized carbons (Fsp3) is 0.647. The molecule has 1 N–H and O–H groups in total. The van der Waals surface area contributed by atoms with Crippen LogP contribution in [-0.4, -0.2) is 45.8 Å². The van der Waals surface area contributed by atoms with Gasteiger partial charge in [0.15, 0.2) is 5.65 Å². The van der Waals surface area contributed by atoms with Crippen molar-refractivity contribution >= 4 is 22.8 Å². The topological polar surface area (TPSA) is 75.9 Å². The number of nitrogens with one attached hydrogen (secondary N) is 1. The molecule has 7 heteroatoms. The van der Waals surface area contributed by atoms with Crippen molar-refractivity contribution in [2.75, 3.05) is 25.0 Å². The van der Waals surface area contributed by atoms with Crippen LogP contribution in [0.4, 0.5) is 5.82 Å². The molecule has 7 nitrogen and oxygen atoms in total. The van der Waals surface area contributed by atoms with Gasteiger partial charge >= 0.3 is 0 Å². The first-order chi connectivity index (χ1) is 11.2. The number of hydrogen-bond donors (Lipinski definition) is 1. The monoisotopic (exact) mass is 332 g/mol. The van der Waals surface area contributed by atoms with Gasteiger partial charge in [-0.2, -0.15) is 5.10 Å². The van der Waals surface area contributed by atoms with Gasteiger partial charge in [-0.15, -0.1) is 0 Å². The minimum absolute atomic E-state index is 0.00101. The Morgan fingerprint density at radius 3 is 2.67 bits per heavy atom. The number of aromatic nitrogens is 4. The van der Waals surface area contributed by atoms with Crippen LogP contribution in [0.1, 0.15) is 46.4 Å². The number of amides is 1. The summed E-state index contributed by atoms with van der Waals surface area (Å²) in [5.41, 5.74) is 0.598. The molecule has 0 aromatic carbocycles. The maximum absolute atomic E-state index is 12.1. The van der Waals surface area contributed by atoms with Crippen LogP contribution in [0, 0.1) is 0 Å². The fourth-order valence-electron chi connectivity index (χ4n) is 2.38. The Bertz CT molecular complexity index is 716. The Labute approximate surface area is 143 Å². The zero-order valence-corrected chi connectivity index (χ0v) is 15.6. The summed E-state index contributed by atoms with van der Waals surface area (Å²) < 4.78 is 1.74. The van der Waals surface area contributed by atoms with Crippen molar-refractivity contribution in [1.82, 2.24) is 25.1 Å². The lowest BCUT2D eigenvalue weighted by molar-refractivity contribution is -0.119. The normalized spacial score (nSPS) is 11.8. The molecule has 1 amide bonds. The molecule has 0 fully saturated rings. The molecule has 0 saturated heterocycles. The molecule has 0 saturated carbocycles. The molecule has 0 atom stereocenters. The number of hydrogen-bond acceptors (Lipinski definition) is 5. The molecule has 2 rings (SSSR count). The van der Waals surface area contributed by atoms with Gasteiger partial charge in [-0.25, -0.2) is 9.97 Å². The highest BCUT2D eigenvalue weighted by Gasteiger charge is 2.23. The van der Waals surface area contributed by atoms with Gasteiger partial charge in [0, 0.05) is 26.1 Å². The smallest absolute Gasteiger partial charge is 0.239 e. The van der Waals surface area contributed by atoms with Crippen molar-refractivity contribution < 1.29 is 4.79 Å². The second-order valence-electron chi connectivity index (χ2n) is 7.19. The maximum Gasteiger partial charge on any atom is 0.239 e. The highest BCUT2D eigenvalue weighted by Crippen LogP contribution is 2.27. The Morgan fingerprint density at radius 1 is 1.33 bits per heavy atom. The Hall–Kier alpha value is -2.18. The summed E-state index contributed by atoms with van der Waals surface area (Å²) in [4.78, 5) is 23.3. The first kappa shape index (κ1) is 18.2. The number of anilines is 1. The maximum atomic E-state index is 12.1. The number of nitrogens with zero attached hydrogens (tertiary/aromatic N) is 5. The van der Waals surface area contributed by atoms with Crippen molar-refractivity contribution in [3.8, 4) is 0 Å². The molecule has 2 aromatic heterocycles. The van der Waals surface area contributed by atoms with Gasteiger partial charge in [0.2, 0.25) is 5.91 Å². The lowest BCUT2D eigenvalue weighted by Crippen LogP contribution is -2.36. The van der Waals surface area contributed by atoms with E-state index >= 15 is 0 Å². The average molecular weight is 332 g/mol. The standard InChI is InChI=1S/C17H28N6O/c1-7-8-9-18-13(24)11-22(5)14-12-10-19-23(6)15(12)21-16(20-14)17(2,3)4/h10H,7-9,11H2,1-6H3,(H,18,24). The molecule has 0 bridgehead atoms. The van der Waals surface area contributed by atoms with Crippen LogP contribution < -0.4 is 10.2 Å². The van der Waals surface area contributed by atoms with E-state index in [4.69, 9.17) is 4.98 Å². The van der Waals surface area contributed by atoms with E-state index in [1.54, 1.807) is 10.9 Å². The first-order valence-electron chi connectivity index (χ1n) is 8.42. The van der Waals surface area contributed by atoms with Gasteiger partial charge in [-0.05, 0) is 6.42 Å². The lowest BCUT2D eigenvalue weighted by Gasteiger charge is -2.22. The summed E-state index contributed by atoms with van der Waals surface area (Å²) in [5.74, 6) is 1.48. The third-order valence-corrected chi connectivity index (χ3v) is 3.84. The predicted octanol–water partition coefficient (Wildman–Crippen LogP) is 2.01. The summed E-state index contributed by atoms with van der Waals surface area (Å²) >= 11 is 0. The van der Waals surface area contributed by atoms with E-state index in [1.165, 1.54) is 0 Å². The largest absolute Gasteiger partial charge is 0.355 e. The van der Waals surface area contributed by atoms with E-state index in [-0.39, 0.29) is 17.9 Å². The SMILES string of the molecule is CCCCNC(=O)CN(C)c1nc(C(C)(C)C)nc2c1cnn2C. The number of fused-ring (bicyclic) bond motifs is 1. The molecule has 0 aliphatic rings. The van der Waals surface area contributed by atoms with Crippen molar-refractivity contribution in [3.05, 3.63) is 12.0 Å². The van der Waals surface area contributed by atoms with Gasteiger partial charge in [0.25, 0.3) is 0 Å². The summed E-state index contributed by atoms with van der Waals surface area (Å²) in [6.45, 7) is 9.30. The van der Waals surface area contributed by atoms with E-state index in [1.807, 2.05) is 19.0 Å². The van der Waals surface area contributed by atoms with Crippen LogP contribution in [0.3, 0.4) is 0 Å². The minimum atomic E-state index is -0.183. The molecule has 0 aliphatic carbocycles. The molecular formula is C17H28N6O. The van der Waals surface area contributed by atoms with Crippen molar-refractivity contribution in [3.63, 3.8) is 0 Å². The number of carbonyl (C=O) groups excluding carboxylic acids is 1. The zero-order chi connectivity index (χ0) is 17.9. The first-order valence-corrected chi connectivity index (χ1v) is 8.42. The number of unbranched alkanes of at least 4 members (excludes halogenated alkanes) is 1. The highest BCUT2D eigenvalue weighted by molar-refractivity contribution is 5.89. The summed E-state index contributed by atoms with van der Waals surface area (Å²) in [6.07, 6.45) is 3.81. The van der Waals surface area contributed by atoms with Crippen LogP contribution >= 0.6 is 0 Å². The molecule has 2 aromatic rings. The number of likely N-dealkylation sites (N-methyl/N-ethyl adjacent to an activating group) is 1. The van der Waals surface area contributed by atoms with Crippen LogP contribution in [0.5, 0.6) is 0 Å². The molecule has 0 unspecified atom stereocenters. The van der Waals surface area contributed by atoms with E-state index in [0.717, 1.165) is 35.5 Å². The summed E-state index contributed by atoms with van der Waals surface area (Å²) in [6, 6.07) is 0. The van der Waals surface area contributed by atoms with Gasteiger partial charge < -0.3 is 10.2 Å². The summed E-state index contributed by atoms with van der Waals surface area (Å²) in [5, 5.41) is 8.08. The second-order valence-corrected chi connectivity index (χ2v) is 7.19. The van der Waals surface area contributed by atoms with E-state index < -0.39 is 0 Å². The van der Waals surface area contributed by atoms with Crippen LogP contribution in [0.25, 0.3) is 11.0 Å². The molecule has 2 heterocycles. The number of aryl methyl sites for hydroxylation is 1. The van der Waals surface area contributed by atoms with Crippen molar-refractivity contribution in [2.24, 2.45) is 7.05 Å². The van der Waals surface area contributed by atoms with E-state index in [9.17, 15) is 4.79 Å². The van der Waals surface area contributed by atoms with Crippen molar-refractivity contribution in [2.45, 2.75) is 46.0 Å². The average Bonchev–Trinajstić information content (AvgIpc) is 2.87. The minimum Gasteiger partial charge on any atom is -0.355 e. The molecule has 0 aliphatic heterocycles. The van der Waals surface area contributed by atoms with Crippen LogP contribution in [-0.2, 0) is 17.3 Å². The summed E-state index contributed by atoms with van der Waals surface area (Å²) in [7, 11) is 3.74.